The molecule has 1 aromatic carbocycles. The van der Waals surface area contributed by atoms with Crippen molar-refractivity contribution in [2.45, 2.75) is 32.9 Å². The molecule has 0 fully saturated rings. The number of pyridine rings is 1. The fourth-order valence-corrected chi connectivity index (χ4v) is 1.87. The summed E-state index contributed by atoms with van der Waals surface area (Å²) in [5, 5.41) is 4.94. The van der Waals surface area contributed by atoms with Crippen molar-refractivity contribution in [3.8, 4) is 5.88 Å². The van der Waals surface area contributed by atoms with E-state index in [1.54, 1.807) is 0 Å². The molecule has 0 spiro atoms. The molecule has 0 bridgehead atoms. The van der Waals surface area contributed by atoms with Gasteiger partial charge in [-0.3, -0.25) is 0 Å². The second kappa shape index (κ2) is 6.61. The Morgan fingerprint density at radius 2 is 2.00 bits per heavy atom. The van der Waals surface area contributed by atoms with E-state index in [4.69, 9.17) is 4.74 Å². The first-order valence-corrected chi connectivity index (χ1v) is 6.59. The Kier molecular flexibility index (Phi) is 4.84. The molecule has 0 atom stereocenters. The van der Waals surface area contributed by atoms with E-state index in [-0.39, 0.29) is 5.88 Å². The number of hydrogen-bond donors (Lipinski definition) is 1. The molecule has 20 heavy (non-hydrogen) atoms. The minimum absolute atomic E-state index is 0.268. The Morgan fingerprint density at radius 3 is 2.70 bits per heavy atom. The van der Waals surface area contributed by atoms with Gasteiger partial charge in [0.15, 0.2) is 6.61 Å². The number of alkyl halides is 2. The van der Waals surface area contributed by atoms with Crippen LogP contribution in [-0.4, -0.2) is 24.1 Å². The fraction of sp³-hybridized carbons (Fsp3) is 0.400. The van der Waals surface area contributed by atoms with Gasteiger partial charge in [0, 0.05) is 18.0 Å². The number of nitrogens with zero attached hydrogens (tertiary/aromatic N) is 1. The Morgan fingerprint density at radius 1 is 1.25 bits per heavy atom. The normalized spacial score (nSPS) is 11.5. The van der Waals surface area contributed by atoms with Gasteiger partial charge >= 0.3 is 0 Å². The van der Waals surface area contributed by atoms with E-state index >= 15 is 0 Å². The SMILES string of the molecule is CC(C)NCc1cc2ccccc2c(OCC(F)F)n1. The van der Waals surface area contributed by atoms with Gasteiger partial charge in [0.2, 0.25) is 5.88 Å². The number of halogens is 2. The van der Waals surface area contributed by atoms with E-state index in [2.05, 4.69) is 10.3 Å². The third kappa shape index (κ3) is 3.87. The van der Waals surface area contributed by atoms with Gasteiger partial charge < -0.3 is 10.1 Å². The summed E-state index contributed by atoms with van der Waals surface area (Å²) in [4.78, 5) is 4.33. The summed E-state index contributed by atoms with van der Waals surface area (Å²) < 4.78 is 29.8. The molecular weight excluding hydrogens is 262 g/mol. The van der Waals surface area contributed by atoms with Crippen LogP contribution in [0.3, 0.4) is 0 Å². The van der Waals surface area contributed by atoms with E-state index in [0.717, 1.165) is 16.5 Å². The smallest absolute Gasteiger partial charge is 0.272 e. The number of aromatic nitrogens is 1. The molecule has 0 amide bonds. The van der Waals surface area contributed by atoms with Crippen LogP contribution in [-0.2, 0) is 6.54 Å². The molecule has 2 aromatic rings. The molecule has 0 radical (unpaired) electrons. The third-order valence-corrected chi connectivity index (χ3v) is 2.80. The monoisotopic (exact) mass is 280 g/mol. The first-order chi connectivity index (χ1) is 9.56. The maximum Gasteiger partial charge on any atom is 0.272 e. The van der Waals surface area contributed by atoms with Crippen molar-refractivity contribution in [3.05, 3.63) is 36.0 Å². The van der Waals surface area contributed by atoms with Crippen LogP contribution in [0.15, 0.2) is 30.3 Å². The number of nitrogens with one attached hydrogen (secondary N) is 1. The van der Waals surface area contributed by atoms with Gasteiger partial charge in [-0.05, 0) is 17.5 Å². The minimum atomic E-state index is -2.51. The molecule has 1 heterocycles. The number of hydrogen-bond acceptors (Lipinski definition) is 3. The summed E-state index contributed by atoms with van der Waals surface area (Å²) in [6.07, 6.45) is -2.51. The molecule has 0 saturated heterocycles. The molecule has 0 saturated carbocycles. The van der Waals surface area contributed by atoms with Crippen LogP contribution < -0.4 is 10.1 Å². The standard InChI is InChI=1S/C15H18F2N2O/c1-10(2)18-8-12-7-11-5-3-4-6-13(11)15(19-12)20-9-14(16)17/h3-7,10,14,18H,8-9H2,1-2H3. The average Bonchev–Trinajstić information content (AvgIpc) is 2.42. The van der Waals surface area contributed by atoms with Crippen molar-refractivity contribution in [2.75, 3.05) is 6.61 Å². The number of rotatable bonds is 6. The van der Waals surface area contributed by atoms with Crippen molar-refractivity contribution in [1.82, 2.24) is 10.3 Å². The van der Waals surface area contributed by atoms with Gasteiger partial charge in [0.1, 0.15) is 0 Å². The van der Waals surface area contributed by atoms with Gasteiger partial charge in [-0.15, -0.1) is 0 Å². The largest absolute Gasteiger partial charge is 0.471 e. The topological polar surface area (TPSA) is 34.1 Å². The maximum atomic E-state index is 12.3. The van der Waals surface area contributed by atoms with Crippen LogP contribution >= 0.6 is 0 Å². The number of ether oxygens (including phenoxy) is 1. The van der Waals surface area contributed by atoms with Crippen molar-refractivity contribution < 1.29 is 13.5 Å². The van der Waals surface area contributed by atoms with E-state index < -0.39 is 13.0 Å². The number of fused-ring (bicyclic) bond motifs is 1. The summed E-state index contributed by atoms with van der Waals surface area (Å²) in [5.41, 5.74) is 0.779. The predicted molar refractivity (Wildman–Crippen MR) is 75.2 cm³/mol. The first-order valence-electron chi connectivity index (χ1n) is 6.59. The summed E-state index contributed by atoms with van der Waals surface area (Å²) in [7, 11) is 0. The Labute approximate surface area is 117 Å². The van der Waals surface area contributed by atoms with Crippen LogP contribution in [0.25, 0.3) is 10.8 Å². The Bertz CT molecular complexity index is 573. The van der Waals surface area contributed by atoms with Crippen LogP contribution in [0.1, 0.15) is 19.5 Å². The first kappa shape index (κ1) is 14.7. The lowest BCUT2D eigenvalue weighted by Gasteiger charge is -2.12. The highest BCUT2D eigenvalue weighted by Gasteiger charge is 2.10. The van der Waals surface area contributed by atoms with Crippen LogP contribution in [0.2, 0.25) is 0 Å². The fourth-order valence-electron chi connectivity index (χ4n) is 1.87. The summed E-state index contributed by atoms with van der Waals surface area (Å²) in [6, 6.07) is 9.76. The van der Waals surface area contributed by atoms with Gasteiger partial charge in [0.25, 0.3) is 6.43 Å². The maximum absolute atomic E-state index is 12.3. The lowest BCUT2D eigenvalue weighted by atomic mass is 10.1. The predicted octanol–water partition coefficient (Wildman–Crippen LogP) is 3.38. The number of benzene rings is 1. The summed E-state index contributed by atoms with van der Waals surface area (Å²) in [6.45, 7) is 4.01. The van der Waals surface area contributed by atoms with Gasteiger partial charge in [-0.2, -0.15) is 0 Å². The minimum Gasteiger partial charge on any atom is -0.471 e. The molecule has 5 heteroatoms. The average molecular weight is 280 g/mol. The van der Waals surface area contributed by atoms with Crippen molar-refractivity contribution in [1.29, 1.82) is 0 Å². The highest BCUT2D eigenvalue weighted by molar-refractivity contribution is 5.87. The van der Waals surface area contributed by atoms with Crippen molar-refractivity contribution in [2.24, 2.45) is 0 Å². The summed E-state index contributed by atoms with van der Waals surface area (Å²) >= 11 is 0. The molecule has 0 aliphatic rings. The molecular formula is C15H18F2N2O. The second-order valence-corrected chi connectivity index (χ2v) is 4.88. The molecule has 1 aromatic heterocycles. The van der Waals surface area contributed by atoms with Crippen LogP contribution in [0.5, 0.6) is 5.88 Å². The molecule has 0 unspecified atom stereocenters. The van der Waals surface area contributed by atoms with Crippen molar-refractivity contribution in [3.63, 3.8) is 0 Å². The lowest BCUT2D eigenvalue weighted by molar-refractivity contribution is 0.0803. The van der Waals surface area contributed by atoms with Gasteiger partial charge in [-0.1, -0.05) is 32.0 Å². The highest BCUT2D eigenvalue weighted by Crippen LogP contribution is 2.24. The zero-order chi connectivity index (χ0) is 14.5. The van der Waals surface area contributed by atoms with E-state index in [1.165, 1.54) is 0 Å². The summed E-state index contributed by atoms with van der Waals surface area (Å²) in [5.74, 6) is 0.268. The van der Waals surface area contributed by atoms with Crippen LogP contribution in [0, 0.1) is 0 Å². The van der Waals surface area contributed by atoms with Gasteiger partial charge in [-0.25, -0.2) is 13.8 Å². The van der Waals surface area contributed by atoms with Crippen molar-refractivity contribution >= 4 is 10.8 Å². The van der Waals surface area contributed by atoms with Crippen LogP contribution in [0.4, 0.5) is 8.78 Å². The van der Waals surface area contributed by atoms with E-state index in [1.807, 2.05) is 44.2 Å². The molecule has 0 aliphatic heterocycles. The lowest BCUT2D eigenvalue weighted by Crippen LogP contribution is -2.22. The Balaban J connectivity index is 2.31. The van der Waals surface area contributed by atoms with E-state index in [9.17, 15) is 8.78 Å². The Hall–Kier alpha value is -1.75. The quantitative estimate of drug-likeness (QED) is 0.881. The second-order valence-electron chi connectivity index (χ2n) is 4.88. The van der Waals surface area contributed by atoms with Gasteiger partial charge in [0.05, 0.1) is 5.69 Å². The molecule has 2 rings (SSSR count). The zero-order valence-corrected chi connectivity index (χ0v) is 11.6. The molecule has 108 valence electrons. The third-order valence-electron chi connectivity index (χ3n) is 2.80. The van der Waals surface area contributed by atoms with E-state index in [0.29, 0.717) is 12.6 Å². The molecule has 0 aliphatic carbocycles. The molecule has 3 nitrogen and oxygen atoms in total. The zero-order valence-electron chi connectivity index (χ0n) is 11.6. The highest BCUT2D eigenvalue weighted by atomic mass is 19.3. The molecule has 1 N–H and O–H groups in total.